The van der Waals surface area contributed by atoms with E-state index in [-0.39, 0.29) is 6.04 Å². The third-order valence-corrected chi connectivity index (χ3v) is 2.67. The molecule has 0 spiro atoms. The lowest BCUT2D eigenvalue weighted by Crippen LogP contribution is -2.41. The van der Waals surface area contributed by atoms with Gasteiger partial charge in [0, 0.05) is 0 Å². The number of amides is 1. The van der Waals surface area contributed by atoms with Gasteiger partial charge < -0.3 is 15.2 Å². The monoisotopic (exact) mass is 265 g/mol. The summed E-state index contributed by atoms with van der Waals surface area (Å²) in [7, 11) is 0. The molecule has 1 rings (SSSR count). The summed E-state index contributed by atoms with van der Waals surface area (Å²) in [5.74, 6) is -1.98. The minimum absolute atomic E-state index is 0.254. The molecule has 1 amide bonds. The zero-order chi connectivity index (χ0) is 14.4. The third-order valence-electron chi connectivity index (χ3n) is 2.67. The second kappa shape index (κ2) is 6.78. The first kappa shape index (κ1) is 15.0. The second-order valence-electron chi connectivity index (χ2n) is 4.59. The molecule has 0 saturated carbocycles. The molecule has 19 heavy (non-hydrogen) atoms. The van der Waals surface area contributed by atoms with E-state index in [9.17, 15) is 9.59 Å². The Hall–Kier alpha value is -2.04. The average Bonchev–Trinajstić information content (AvgIpc) is 2.37. The Morgan fingerprint density at radius 2 is 1.84 bits per heavy atom. The molecule has 1 aromatic rings. The van der Waals surface area contributed by atoms with Crippen LogP contribution >= 0.6 is 0 Å². The van der Waals surface area contributed by atoms with E-state index < -0.39 is 17.8 Å². The van der Waals surface area contributed by atoms with Crippen molar-refractivity contribution >= 4 is 11.9 Å². The molecule has 1 aromatic carbocycles. The summed E-state index contributed by atoms with van der Waals surface area (Å²) in [5.41, 5.74) is 1.14. The van der Waals surface area contributed by atoms with E-state index in [0.29, 0.717) is 6.61 Å². The summed E-state index contributed by atoms with van der Waals surface area (Å²) in [6.45, 7) is 5.40. The van der Waals surface area contributed by atoms with Crippen LogP contribution in [0, 0.1) is 12.8 Å². The number of hydrogen-bond donors (Lipinski definition) is 2. The van der Waals surface area contributed by atoms with Crippen LogP contribution in [0.4, 0.5) is 0 Å². The molecule has 0 aliphatic rings. The van der Waals surface area contributed by atoms with Crippen LogP contribution in [0.25, 0.3) is 0 Å². The van der Waals surface area contributed by atoms with Gasteiger partial charge >= 0.3 is 5.97 Å². The molecule has 5 nitrogen and oxygen atoms in total. The van der Waals surface area contributed by atoms with Crippen LogP contribution in [0.1, 0.15) is 19.4 Å². The van der Waals surface area contributed by atoms with Crippen LogP contribution in [0.5, 0.6) is 5.75 Å². The Bertz CT molecular complexity index is 441. The molecule has 0 aliphatic heterocycles. The molecular weight excluding hydrogens is 246 g/mol. The van der Waals surface area contributed by atoms with E-state index in [1.165, 1.54) is 6.92 Å². The number of nitrogens with one attached hydrogen (secondary N) is 1. The van der Waals surface area contributed by atoms with Gasteiger partial charge in [0.15, 0.2) is 0 Å². The van der Waals surface area contributed by atoms with Crippen LogP contribution in [-0.2, 0) is 9.59 Å². The number of carbonyl (C=O) groups excluding carboxylic acids is 1. The molecular formula is C14H19NO4. The van der Waals surface area contributed by atoms with Gasteiger partial charge in [-0.05, 0) is 32.9 Å². The standard InChI is InChI=1S/C14H19NO4/c1-9-4-6-12(7-5-9)19-8-10(2)15-13(16)11(3)14(17)18/h4-7,10-11H,8H2,1-3H3,(H,15,16)(H,17,18). The first-order valence-corrected chi connectivity index (χ1v) is 6.12. The number of carboxylic acid groups (broad SMARTS) is 1. The minimum Gasteiger partial charge on any atom is -0.491 e. The van der Waals surface area contributed by atoms with Crippen LogP contribution in [0.2, 0.25) is 0 Å². The van der Waals surface area contributed by atoms with Crippen LogP contribution in [-0.4, -0.2) is 29.6 Å². The van der Waals surface area contributed by atoms with Gasteiger partial charge in [0.25, 0.3) is 0 Å². The highest BCUT2D eigenvalue weighted by Gasteiger charge is 2.21. The van der Waals surface area contributed by atoms with Crippen molar-refractivity contribution in [2.24, 2.45) is 5.92 Å². The molecule has 0 radical (unpaired) electrons. The predicted octanol–water partition coefficient (Wildman–Crippen LogP) is 1.60. The van der Waals surface area contributed by atoms with Crippen molar-refractivity contribution < 1.29 is 19.4 Å². The van der Waals surface area contributed by atoms with E-state index in [2.05, 4.69) is 5.32 Å². The molecule has 5 heteroatoms. The molecule has 104 valence electrons. The Kier molecular flexibility index (Phi) is 5.36. The van der Waals surface area contributed by atoms with Gasteiger partial charge in [0.2, 0.25) is 5.91 Å². The summed E-state index contributed by atoms with van der Waals surface area (Å²) < 4.78 is 5.50. The first-order valence-electron chi connectivity index (χ1n) is 6.12. The molecule has 0 fully saturated rings. The predicted molar refractivity (Wildman–Crippen MR) is 71.1 cm³/mol. The van der Waals surface area contributed by atoms with Gasteiger partial charge in [-0.3, -0.25) is 9.59 Å². The molecule has 2 atom stereocenters. The van der Waals surface area contributed by atoms with Crippen molar-refractivity contribution in [1.29, 1.82) is 0 Å². The van der Waals surface area contributed by atoms with E-state index in [4.69, 9.17) is 9.84 Å². The number of carboxylic acids is 1. The zero-order valence-electron chi connectivity index (χ0n) is 11.3. The van der Waals surface area contributed by atoms with Crippen LogP contribution in [0.15, 0.2) is 24.3 Å². The number of ether oxygens (including phenoxy) is 1. The number of benzene rings is 1. The number of rotatable bonds is 6. The van der Waals surface area contributed by atoms with Crippen LogP contribution in [0.3, 0.4) is 0 Å². The lowest BCUT2D eigenvalue weighted by Gasteiger charge is -2.16. The van der Waals surface area contributed by atoms with E-state index in [1.54, 1.807) is 6.92 Å². The summed E-state index contributed by atoms with van der Waals surface area (Å²) in [5, 5.41) is 11.3. The highest BCUT2D eigenvalue weighted by Crippen LogP contribution is 2.11. The summed E-state index contributed by atoms with van der Waals surface area (Å²) in [6.07, 6.45) is 0. The Balaban J connectivity index is 2.39. The quantitative estimate of drug-likeness (QED) is 0.766. The normalized spacial score (nSPS) is 13.4. The van der Waals surface area contributed by atoms with Crippen molar-refractivity contribution in [3.8, 4) is 5.75 Å². The number of carbonyl (C=O) groups is 2. The van der Waals surface area contributed by atoms with Crippen molar-refractivity contribution in [3.63, 3.8) is 0 Å². The van der Waals surface area contributed by atoms with Crippen molar-refractivity contribution in [2.45, 2.75) is 26.8 Å². The Morgan fingerprint density at radius 3 is 2.37 bits per heavy atom. The smallest absolute Gasteiger partial charge is 0.315 e. The lowest BCUT2D eigenvalue weighted by atomic mass is 10.1. The van der Waals surface area contributed by atoms with Gasteiger partial charge in [0.05, 0.1) is 6.04 Å². The minimum atomic E-state index is -1.14. The fourth-order valence-corrected chi connectivity index (χ4v) is 1.38. The van der Waals surface area contributed by atoms with E-state index in [1.807, 2.05) is 31.2 Å². The molecule has 0 saturated heterocycles. The van der Waals surface area contributed by atoms with E-state index in [0.717, 1.165) is 11.3 Å². The number of aryl methyl sites for hydroxylation is 1. The highest BCUT2D eigenvalue weighted by molar-refractivity contribution is 5.96. The van der Waals surface area contributed by atoms with Gasteiger partial charge in [-0.2, -0.15) is 0 Å². The highest BCUT2D eigenvalue weighted by atomic mass is 16.5. The van der Waals surface area contributed by atoms with E-state index >= 15 is 0 Å². The largest absolute Gasteiger partial charge is 0.491 e. The molecule has 0 aliphatic carbocycles. The number of aliphatic carboxylic acids is 1. The third kappa shape index (κ3) is 4.99. The molecule has 0 heterocycles. The maximum Gasteiger partial charge on any atom is 0.315 e. The molecule has 2 unspecified atom stereocenters. The second-order valence-corrected chi connectivity index (χ2v) is 4.59. The maximum atomic E-state index is 11.5. The summed E-state index contributed by atoms with van der Waals surface area (Å²) in [4.78, 5) is 22.1. The zero-order valence-corrected chi connectivity index (χ0v) is 11.3. The topological polar surface area (TPSA) is 75.6 Å². The number of hydrogen-bond acceptors (Lipinski definition) is 3. The Morgan fingerprint density at radius 1 is 1.26 bits per heavy atom. The molecule has 2 N–H and O–H groups in total. The summed E-state index contributed by atoms with van der Waals surface area (Å²) in [6, 6.07) is 7.32. The average molecular weight is 265 g/mol. The summed E-state index contributed by atoms with van der Waals surface area (Å²) >= 11 is 0. The van der Waals surface area contributed by atoms with Gasteiger partial charge in [-0.25, -0.2) is 0 Å². The van der Waals surface area contributed by atoms with Crippen LogP contribution < -0.4 is 10.1 Å². The fraction of sp³-hybridized carbons (Fsp3) is 0.429. The molecule has 0 bridgehead atoms. The van der Waals surface area contributed by atoms with Gasteiger partial charge in [-0.1, -0.05) is 17.7 Å². The van der Waals surface area contributed by atoms with Crippen molar-refractivity contribution in [1.82, 2.24) is 5.32 Å². The van der Waals surface area contributed by atoms with Gasteiger partial charge in [0.1, 0.15) is 18.3 Å². The van der Waals surface area contributed by atoms with Gasteiger partial charge in [-0.15, -0.1) is 0 Å². The van der Waals surface area contributed by atoms with Crippen molar-refractivity contribution in [2.75, 3.05) is 6.61 Å². The Labute approximate surface area is 112 Å². The fourth-order valence-electron chi connectivity index (χ4n) is 1.38. The molecule has 0 aromatic heterocycles. The maximum absolute atomic E-state index is 11.5. The lowest BCUT2D eigenvalue weighted by molar-refractivity contribution is -0.146. The van der Waals surface area contributed by atoms with Crippen molar-refractivity contribution in [3.05, 3.63) is 29.8 Å². The first-order chi connectivity index (χ1) is 8.90. The SMILES string of the molecule is Cc1ccc(OCC(C)NC(=O)C(C)C(=O)O)cc1.